The van der Waals surface area contributed by atoms with Crippen LogP contribution in [0, 0.1) is 17.2 Å². The maximum absolute atomic E-state index is 12.1. The zero-order chi connectivity index (χ0) is 13.7. The van der Waals surface area contributed by atoms with Crippen molar-refractivity contribution in [2.45, 2.75) is 44.6 Å². The second kappa shape index (κ2) is 6.37. The van der Waals surface area contributed by atoms with Crippen LogP contribution in [0.25, 0.3) is 0 Å². The van der Waals surface area contributed by atoms with Crippen LogP contribution in [0.5, 0.6) is 0 Å². The van der Waals surface area contributed by atoms with Gasteiger partial charge >= 0.3 is 0 Å². The van der Waals surface area contributed by atoms with Crippen molar-refractivity contribution in [1.29, 1.82) is 5.26 Å². The van der Waals surface area contributed by atoms with Crippen LogP contribution in [-0.2, 0) is 14.3 Å². The number of hydrogen-bond donors (Lipinski definition) is 1. The summed E-state index contributed by atoms with van der Waals surface area (Å²) in [5, 5.41) is 11.9. The number of allylic oxidation sites excluding steroid dienone is 1. The van der Waals surface area contributed by atoms with Gasteiger partial charge in [-0.25, -0.2) is 0 Å². The summed E-state index contributed by atoms with van der Waals surface area (Å²) < 4.78 is 5.09. The molecule has 0 bridgehead atoms. The third-order valence-electron chi connectivity index (χ3n) is 3.61. The van der Waals surface area contributed by atoms with Gasteiger partial charge in [0.15, 0.2) is 11.7 Å². The van der Waals surface area contributed by atoms with E-state index in [1.807, 2.05) is 6.07 Å². The quantitative estimate of drug-likeness (QED) is 0.778. The molecule has 19 heavy (non-hydrogen) atoms. The minimum absolute atomic E-state index is 0.118. The average molecular weight is 262 g/mol. The lowest BCUT2D eigenvalue weighted by molar-refractivity contribution is -0.130. The molecule has 5 heteroatoms. The summed E-state index contributed by atoms with van der Waals surface area (Å²) in [6, 6.07) is 1.93. The van der Waals surface area contributed by atoms with Crippen LogP contribution in [0.2, 0.25) is 0 Å². The Morgan fingerprint density at radius 2 is 2.11 bits per heavy atom. The van der Waals surface area contributed by atoms with Gasteiger partial charge < -0.3 is 10.1 Å². The monoisotopic (exact) mass is 262 g/mol. The Morgan fingerprint density at radius 3 is 2.68 bits per heavy atom. The SMILES string of the molecule is N#C[C@H](C(=O)NC1CCCC1)C(=O)C1=COCCC1. The number of amides is 1. The van der Waals surface area contributed by atoms with Crippen LogP contribution in [0.1, 0.15) is 38.5 Å². The maximum Gasteiger partial charge on any atom is 0.245 e. The molecule has 0 aromatic heterocycles. The number of nitrogens with one attached hydrogen (secondary N) is 1. The summed E-state index contributed by atoms with van der Waals surface area (Å²) in [6.45, 7) is 0.586. The normalized spacial score (nSPS) is 20.9. The Kier molecular flexibility index (Phi) is 4.56. The first kappa shape index (κ1) is 13.6. The highest BCUT2D eigenvalue weighted by Gasteiger charge is 2.31. The molecule has 2 rings (SSSR count). The number of nitriles is 1. The first-order valence-corrected chi connectivity index (χ1v) is 6.77. The van der Waals surface area contributed by atoms with Gasteiger partial charge in [-0.3, -0.25) is 9.59 Å². The fourth-order valence-corrected chi connectivity index (χ4v) is 2.52. The minimum Gasteiger partial charge on any atom is -0.501 e. The highest BCUT2D eigenvalue weighted by Crippen LogP contribution is 2.20. The molecule has 0 aromatic rings. The lowest BCUT2D eigenvalue weighted by Crippen LogP contribution is -2.40. The Bertz CT molecular complexity index is 430. The first-order valence-electron chi connectivity index (χ1n) is 6.77. The molecule has 1 heterocycles. The second-order valence-electron chi connectivity index (χ2n) is 5.03. The van der Waals surface area contributed by atoms with Crippen LogP contribution in [-0.4, -0.2) is 24.3 Å². The van der Waals surface area contributed by atoms with Gasteiger partial charge in [-0.15, -0.1) is 0 Å². The molecule has 1 N–H and O–H groups in total. The Labute approximate surface area is 112 Å². The fraction of sp³-hybridized carbons (Fsp3) is 0.643. The van der Waals surface area contributed by atoms with E-state index in [0.29, 0.717) is 18.6 Å². The van der Waals surface area contributed by atoms with E-state index in [1.165, 1.54) is 6.26 Å². The van der Waals surface area contributed by atoms with E-state index in [1.54, 1.807) is 0 Å². The van der Waals surface area contributed by atoms with Crippen molar-refractivity contribution < 1.29 is 14.3 Å². The van der Waals surface area contributed by atoms with Crippen molar-refractivity contribution in [2.75, 3.05) is 6.61 Å². The lowest BCUT2D eigenvalue weighted by atomic mass is 9.95. The molecule has 0 aromatic carbocycles. The van der Waals surface area contributed by atoms with Crippen molar-refractivity contribution in [3.8, 4) is 6.07 Å². The van der Waals surface area contributed by atoms with E-state index in [4.69, 9.17) is 10.00 Å². The lowest BCUT2D eigenvalue weighted by Gasteiger charge is -2.17. The third-order valence-corrected chi connectivity index (χ3v) is 3.61. The molecule has 0 radical (unpaired) electrons. The van der Waals surface area contributed by atoms with Crippen LogP contribution in [0.3, 0.4) is 0 Å². The minimum atomic E-state index is -1.24. The first-order chi connectivity index (χ1) is 9.22. The van der Waals surface area contributed by atoms with Gasteiger partial charge in [0.05, 0.1) is 18.9 Å². The summed E-state index contributed by atoms with van der Waals surface area (Å²) >= 11 is 0. The number of rotatable bonds is 4. The predicted octanol–water partition coefficient (Wildman–Crippen LogP) is 1.45. The van der Waals surface area contributed by atoms with Crippen LogP contribution in [0.15, 0.2) is 11.8 Å². The molecule has 0 unspecified atom stereocenters. The van der Waals surface area contributed by atoms with Gasteiger partial charge in [0.2, 0.25) is 5.91 Å². The topological polar surface area (TPSA) is 79.2 Å². The number of ether oxygens (including phenoxy) is 1. The molecule has 1 aliphatic carbocycles. The molecule has 2 aliphatic rings. The zero-order valence-electron chi connectivity index (χ0n) is 10.9. The van der Waals surface area contributed by atoms with Crippen LogP contribution in [0.4, 0.5) is 0 Å². The summed E-state index contributed by atoms with van der Waals surface area (Å²) in [7, 11) is 0. The molecule has 0 spiro atoms. The van der Waals surface area contributed by atoms with E-state index < -0.39 is 17.6 Å². The van der Waals surface area contributed by atoms with Crippen molar-refractivity contribution in [3.63, 3.8) is 0 Å². The van der Waals surface area contributed by atoms with Gasteiger partial charge in [-0.05, 0) is 25.7 Å². The smallest absolute Gasteiger partial charge is 0.245 e. The van der Waals surface area contributed by atoms with Crippen molar-refractivity contribution >= 4 is 11.7 Å². The molecular formula is C14H18N2O3. The molecule has 5 nitrogen and oxygen atoms in total. The number of ketones is 1. The number of nitrogens with zero attached hydrogens (tertiary/aromatic N) is 1. The van der Waals surface area contributed by atoms with E-state index in [9.17, 15) is 9.59 Å². The highest BCUT2D eigenvalue weighted by atomic mass is 16.5. The van der Waals surface area contributed by atoms with E-state index in [2.05, 4.69) is 5.32 Å². The number of Topliss-reactive ketones (excluding diaryl/α,β-unsaturated/α-hetero) is 1. The average Bonchev–Trinajstić information content (AvgIpc) is 2.93. The van der Waals surface area contributed by atoms with Crippen molar-refractivity contribution in [1.82, 2.24) is 5.32 Å². The summed E-state index contributed by atoms with van der Waals surface area (Å²) in [5.41, 5.74) is 0.444. The fourth-order valence-electron chi connectivity index (χ4n) is 2.52. The summed E-state index contributed by atoms with van der Waals surface area (Å²) in [5.74, 6) is -2.13. The molecule has 1 saturated carbocycles. The largest absolute Gasteiger partial charge is 0.501 e. The number of hydrogen-bond acceptors (Lipinski definition) is 4. The predicted molar refractivity (Wildman–Crippen MR) is 67.8 cm³/mol. The second-order valence-corrected chi connectivity index (χ2v) is 5.03. The molecule has 1 fully saturated rings. The Hall–Kier alpha value is -1.83. The van der Waals surface area contributed by atoms with Gasteiger partial charge in [-0.2, -0.15) is 5.26 Å². The zero-order valence-corrected chi connectivity index (χ0v) is 10.9. The summed E-state index contributed by atoms with van der Waals surface area (Å²) in [6.07, 6.45) is 6.77. The van der Waals surface area contributed by atoms with Crippen LogP contribution < -0.4 is 5.32 Å². The standard InChI is InChI=1S/C14H18N2O3/c15-8-12(13(17)10-4-3-7-19-9-10)14(18)16-11-5-1-2-6-11/h9,11-12H,1-7H2,(H,16,18)/t12-/m0/s1. The van der Waals surface area contributed by atoms with Crippen LogP contribution >= 0.6 is 0 Å². The highest BCUT2D eigenvalue weighted by molar-refractivity contribution is 6.11. The number of carbonyl (C=O) groups is 2. The maximum atomic E-state index is 12.1. The molecule has 102 valence electrons. The van der Waals surface area contributed by atoms with Crippen molar-refractivity contribution in [2.24, 2.45) is 5.92 Å². The van der Waals surface area contributed by atoms with Gasteiger partial charge in [0.1, 0.15) is 0 Å². The van der Waals surface area contributed by atoms with E-state index in [-0.39, 0.29) is 6.04 Å². The summed E-state index contributed by atoms with van der Waals surface area (Å²) in [4.78, 5) is 24.1. The van der Waals surface area contributed by atoms with E-state index >= 15 is 0 Å². The molecule has 1 atom stereocenters. The molecule has 0 saturated heterocycles. The molecule has 1 aliphatic heterocycles. The molecule has 1 amide bonds. The number of carbonyl (C=O) groups excluding carboxylic acids is 2. The van der Waals surface area contributed by atoms with E-state index in [0.717, 1.165) is 32.1 Å². The third kappa shape index (κ3) is 3.34. The van der Waals surface area contributed by atoms with Crippen molar-refractivity contribution in [3.05, 3.63) is 11.8 Å². The van der Waals surface area contributed by atoms with Gasteiger partial charge in [-0.1, -0.05) is 12.8 Å². The Balaban J connectivity index is 1.98. The van der Waals surface area contributed by atoms with Gasteiger partial charge in [0, 0.05) is 11.6 Å². The molecular weight excluding hydrogens is 244 g/mol. The van der Waals surface area contributed by atoms with Gasteiger partial charge in [0.25, 0.3) is 0 Å². The Morgan fingerprint density at radius 1 is 1.37 bits per heavy atom.